The number of nitrogens with one attached hydrogen (secondary N) is 2. The van der Waals surface area contributed by atoms with E-state index in [4.69, 9.17) is 11.6 Å². The monoisotopic (exact) mass is 704 g/mol. The average molecular weight is 707 g/mol. The lowest BCUT2D eigenvalue weighted by atomic mass is 10.2. The maximum Gasteiger partial charge on any atom is 0.392 e. The van der Waals surface area contributed by atoms with E-state index in [-0.39, 0.29) is 39.7 Å². The SMILES string of the molecule is Cn1c(C#N)nc([N+](=O)[O-])c1C[N+](C)(C)C/C=C/C(=O)Nc1cc2c(Nc3ccc(Cl)c(Br)c3)ncnc2cn1.[Br-]. The first-order valence-electron chi connectivity index (χ1n) is 11.7. The second-order valence-electron chi connectivity index (χ2n) is 9.36. The lowest BCUT2D eigenvalue weighted by Gasteiger charge is -2.28. The van der Waals surface area contributed by atoms with Crippen molar-refractivity contribution in [3.8, 4) is 6.07 Å². The summed E-state index contributed by atoms with van der Waals surface area (Å²) in [6.07, 6.45) is 5.99. The van der Waals surface area contributed by atoms with E-state index < -0.39 is 10.8 Å². The van der Waals surface area contributed by atoms with Crippen LogP contribution in [-0.2, 0) is 18.4 Å². The molecule has 212 valence electrons. The fraction of sp³-hybridized carbons (Fsp3) is 0.200. The molecule has 0 atom stereocenters. The number of aromatic nitrogens is 5. The number of hydrogen-bond donors (Lipinski definition) is 2. The minimum absolute atomic E-state index is 0. The number of hydrogen-bond acceptors (Lipinski definition) is 9. The standard InChI is InChI=1S/C25H22BrClN10O3.BrH/c1-35-20(25(36(39)40)34-22(35)11-28)13-37(2,3)8-4-5-23(38)33-21-10-16-19(12-29-21)30-14-31-24(16)32-15-6-7-18(27)17(26)9-15;/h4-7,9-10,12,14H,8,13H2,1-3H3,(H-,29,30,31,32,33,38);1H/b5-4+;. The van der Waals surface area contributed by atoms with E-state index in [1.54, 1.807) is 25.3 Å². The number of rotatable bonds is 9. The summed E-state index contributed by atoms with van der Waals surface area (Å²) in [5.41, 5.74) is 1.66. The highest BCUT2D eigenvalue weighted by atomic mass is 79.9. The van der Waals surface area contributed by atoms with E-state index in [0.717, 1.165) is 10.2 Å². The van der Waals surface area contributed by atoms with Crippen molar-refractivity contribution in [3.05, 3.63) is 80.1 Å². The van der Waals surface area contributed by atoms with Gasteiger partial charge in [-0.1, -0.05) is 11.6 Å². The number of carbonyl (C=O) groups excluding carboxylic acids is 1. The molecule has 0 spiro atoms. The predicted octanol–water partition coefficient (Wildman–Crippen LogP) is 1.47. The number of pyridine rings is 1. The van der Waals surface area contributed by atoms with Crippen molar-refractivity contribution in [2.45, 2.75) is 6.54 Å². The molecule has 0 fully saturated rings. The second kappa shape index (κ2) is 13.1. The van der Waals surface area contributed by atoms with Crippen molar-refractivity contribution in [1.82, 2.24) is 24.5 Å². The number of quaternary nitrogens is 1. The highest BCUT2D eigenvalue weighted by Gasteiger charge is 2.30. The molecule has 1 aromatic carbocycles. The third-order valence-electron chi connectivity index (χ3n) is 5.87. The summed E-state index contributed by atoms with van der Waals surface area (Å²) in [6, 6.07) is 8.91. The number of halogens is 3. The van der Waals surface area contributed by atoms with Crippen LogP contribution in [0.3, 0.4) is 0 Å². The second-order valence-corrected chi connectivity index (χ2v) is 10.6. The summed E-state index contributed by atoms with van der Waals surface area (Å²) in [7, 11) is 5.27. The molecule has 0 radical (unpaired) electrons. The van der Waals surface area contributed by atoms with E-state index in [2.05, 4.69) is 46.5 Å². The van der Waals surface area contributed by atoms with Gasteiger partial charge in [-0.2, -0.15) is 5.26 Å². The number of carbonyl (C=O) groups is 1. The minimum Gasteiger partial charge on any atom is -1.00 e. The zero-order valence-corrected chi connectivity index (χ0v) is 25.9. The molecule has 0 bridgehead atoms. The Bertz CT molecular complexity index is 1700. The summed E-state index contributed by atoms with van der Waals surface area (Å²) < 4.78 is 2.42. The van der Waals surface area contributed by atoms with Crippen molar-refractivity contribution in [2.75, 3.05) is 31.3 Å². The van der Waals surface area contributed by atoms with Crippen LogP contribution in [0.1, 0.15) is 11.5 Å². The van der Waals surface area contributed by atoms with Crippen LogP contribution in [0.25, 0.3) is 10.9 Å². The number of amides is 1. The number of likely N-dealkylation sites (N-methyl/N-ethyl adjacent to an activating group) is 1. The van der Waals surface area contributed by atoms with E-state index in [9.17, 15) is 20.2 Å². The molecule has 0 aliphatic heterocycles. The number of nitro groups is 1. The highest BCUT2D eigenvalue weighted by molar-refractivity contribution is 9.10. The first-order chi connectivity index (χ1) is 19.0. The number of imidazole rings is 1. The maximum absolute atomic E-state index is 12.6. The Hall–Kier alpha value is -3.97. The molecule has 0 aliphatic carbocycles. The van der Waals surface area contributed by atoms with Crippen LogP contribution < -0.4 is 27.6 Å². The molecule has 0 unspecified atom stereocenters. The zero-order chi connectivity index (χ0) is 29.0. The average Bonchev–Trinajstić information content (AvgIpc) is 3.21. The Morgan fingerprint density at radius 2 is 2.05 bits per heavy atom. The summed E-state index contributed by atoms with van der Waals surface area (Å²) >= 11 is 9.48. The molecule has 0 saturated heterocycles. The number of fused-ring (bicyclic) bond motifs is 1. The van der Waals surface area contributed by atoms with E-state index in [0.29, 0.717) is 39.8 Å². The van der Waals surface area contributed by atoms with E-state index >= 15 is 0 Å². The van der Waals surface area contributed by atoms with Crippen molar-refractivity contribution >= 4 is 67.5 Å². The third-order valence-corrected chi connectivity index (χ3v) is 7.08. The molecule has 1 amide bonds. The first kappa shape index (κ1) is 31.6. The molecular formula is C25H23Br2ClN10O3. The van der Waals surface area contributed by atoms with Gasteiger partial charge in [0.05, 0.1) is 37.4 Å². The van der Waals surface area contributed by atoms with Crippen LogP contribution in [0.4, 0.5) is 23.1 Å². The van der Waals surface area contributed by atoms with Crippen LogP contribution in [0.5, 0.6) is 0 Å². The Kier molecular flexibility index (Phi) is 10.1. The molecule has 4 rings (SSSR count). The molecule has 41 heavy (non-hydrogen) atoms. The molecule has 4 aromatic rings. The fourth-order valence-corrected chi connectivity index (χ4v) is 4.36. The van der Waals surface area contributed by atoms with Gasteiger partial charge in [0.1, 0.15) is 24.5 Å². The molecule has 3 aromatic heterocycles. The Morgan fingerprint density at radius 3 is 2.73 bits per heavy atom. The Labute approximate surface area is 258 Å². The van der Waals surface area contributed by atoms with Crippen molar-refractivity contribution in [1.29, 1.82) is 5.26 Å². The summed E-state index contributed by atoms with van der Waals surface area (Å²) in [5, 5.41) is 27.8. The molecule has 2 N–H and O–H groups in total. The van der Waals surface area contributed by atoms with Crippen LogP contribution in [-0.4, -0.2) is 60.5 Å². The van der Waals surface area contributed by atoms with Crippen molar-refractivity contribution in [2.24, 2.45) is 7.05 Å². The van der Waals surface area contributed by atoms with Crippen LogP contribution in [0, 0.1) is 21.4 Å². The van der Waals surface area contributed by atoms with E-state index in [1.165, 1.54) is 23.2 Å². The van der Waals surface area contributed by atoms with Crippen molar-refractivity contribution in [3.63, 3.8) is 0 Å². The van der Waals surface area contributed by atoms with Crippen molar-refractivity contribution < 1.29 is 31.2 Å². The van der Waals surface area contributed by atoms with Gasteiger partial charge in [0, 0.05) is 28.7 Å². The lowest BCUT2D eigenvalue weighted by Crippen LogP contribution is -3.00. The normalized spacial score (nSPS) is 11.2. The lowest BCUT2D eigenvalue weighted by molar-refractivity contribution is -0.898. The minimum atomic E-state index is -0.601. The molecule has 0 saturated carbocycles. The largest absolute Gasteiger partial charge is 1.00 e. The van der Waals surface area contributed by atoms with E-state index in [1.807, 2.05) is 32.3 Å². The predicted molar refractivity (Wildman–Crippen MR) is 153 cm³/mol. The van der Waals surface area contributed by atoms with Gasteiger partial charge >= 0.3 is 11.6 Å². The fourth-order valence-electron chi connectivity index (χ4n) is 3.86. The number of anilines is 3. The third kappa shape index (κ3) is 7.61. The topological polar surface area (TPSA) is 165 Å². The molecule has 16 heteroatoms. The van der Waals surface area contributed by atoms with Crippen LogP contribution in [0.15, 0.2) is 53.4 Å². The van der Waals surface area contributed by atoms with Gasteiger partial charge in [0.25, 0.3) is 0 Å². The number of nitrogens with zero attached hydrogens (tertiary/aromatic N) is 8. The molecule has 13 nitrogen and oxygen atoms in total. The first-order valence-corrected chi connectivity index (χ1v) is 12.9. The van der Waals surface area contributed by atoms with Gasteiger partial charge in [-0.25, -0.2) is 15.0 Å². The van der Waals surface area contributed by atoms with Gasteiger partial charge < -0.3 is 42.2 Å². The van der Waals surface area contributed by atoms with Gasteiger partial charge in [-0.05, 0) is 56.2 Å². The van der Waals surface area contributed by atoms with Crippen LogP contribution >= 0.6 is 27.5 Å². The van der Waals surface area contributed by atoms with Crippen LogP contribution in [0.2, 0.25) is 5.02 Å². The highest BCUT2D eigenvalue weighted by Crippen LogP contribution is 2.29. The van der Waals surface area contributed by atoms with Gasteiger partial charge in [-0.15, -0.1) is 0 Å². The number of benzene rings is 1. The summed E-state index contributed by atoms with van der Waals surface area (Å²) in [4.78, 5) is 40.1. The zero-order valence-electron chi connectivity index (χ0n) is 22.0. The number of nitriles is 1. The summed E-state index contributed by atoms with van der Waals surface area (Å²) in [5.74, 6) is 0.0365. The smallest absolute Gasteiger partial charge is 0.392 e. The summed E-state index contributed by atoms with van der Waals surface area (Å²) in [6.45, 7) is 0.598. The molecular weight excluding hydrogens is 684 g/mol. The Balaban J connectivity index is 0.00000462. The quantitative estimate of drug-likeness (QED) is 0.114. The Morgan fingerprint density at radius 1 is 1.29 bits per heavy atom. The van der Waals surface area contributed by atoms with Gasteiger partial charge in [-0.3, -0.25) is 9.36 Å². The van der Waals surface area contributed by atoms with Gasteiger partial charge in [0.2, 0.25) is 5.91 Å². The molecule has 0 aliphatic rings. The van der Waals surface area contributed by atoms with Gasteiger partial charge in [0.15, 0.2) is 11.8 Å². The molecule has 3 heterocycles. The maximum atomic E-state index is 12.6.